The second kappa shape index (κ2) is 5.34. The van der Waals surface area contributed by atoms with Gasteiger partial charge in [-0.05, 0) is 57.1 Å². The topological polar surface area (TPSA) is 66.6 Å². The third-order valence-corrected chi connectivity index (χ3v) is 5.02. The van der Waals surface area contributed by atoms with E-state index in [2.05, 4.69) is 30.0 Å². The monoisotopic (exact) mass is 288 g/mol. The van der Waals surface area contributed by atoms with E-state index in [-0.39, 0.29) is 6.04 Å². The summed E-state index contributed by atoms with van der Waals surface area (Å²) in [5, 5.41) is 9.40. The van der Waals surface area contributed by atoms with Gasteiger partial charge in [-0.2, -0.15) is 0 Å². The molecule has 1 aromatic rings. The lowest BCUT2D eigenvalue weighted by Crippen LogP contribution is -2.56. The van der Waals surface area contributed by atoms with E-state index < -0.39 is 11.5 Å². The first-order chi connectivity index (χ1) is 9.99. The maximum absolute atomic E-state index is 11.5. The first-order valence-electron chi connectivity index (χ1n) is 7.88. The molecule has 114 valence electrons. The average molecular weight is 288 g/mol. The second-order valence-corrected chi connectivity index (χ2v) is 6.64. The van der Waals surface area contributed by atoms with Gasteiger partial charge in [-0.25, -0.2) is 0 Å². The summed E-state index contributed by atoms with van der Waals surface area (Å²) in [6.45, 7) is 3.13. The summed E-state index contributed by atoms with van der Waals surface area (Å²) in [6, 6.07) is 6.85. The van der Waals surface area contributed by atoms with Gasteiger partial charge in [0.1, 0.15) is 5.54 Å². The number of carbonyl (C=O) groups is 1. The van der Waals surface area contributed by atoms with Gasteiger partial charge in [0.2, 0.25) is 0 Å². The number of hydrogen-bond donors (Lipinski definition) is 2. The van der Waals surface area contributed by atoms with Crippen molar-refractivity contribution in [3.05, 3.63) is 29.3 Å². The van der Waals surface area contributed by atoms with Crippen LogP contribution in [0.4, 0.5) is 5.69 Å². The predicted octanol–water partition coefficient (Wildman–Crippen LogP) is 2.47. The Morgan fingerprint density at radius 3 is 3.00 bits per heavy atom. The molecule has 0 bridgehead atoms. The third kappa shape index (κ3) is 2.64. The van der Waals surface area contributed by atoms with E-state index in [9.17, 15) is 9.90 Å². The van der Waals surface area contributed by atoms with Crippen LogP contribution in [-0.4, -0.2) is 29.2 Å². The summed E-state index contributed by atoms with van der Waals surface area (Å²) in [4.78, 5) is 13.9. The van der Waals surface area contributed by atoms with Gasteiger partial charge in [0.15, 0.2) is 0 Å². The van der Waals surface area contributed by atoms with Crippen molar-refractivity contribution in [1.82, 2.24) is 0 Å². The van der Waals surface area contributed by atoms with Crippen molar-refractivity contribution in [2.24, 2.45) is 5.73 Å². The molecule has 3 N–H and O–H groups in total. The Bertz CT molecular complexity index is 558. The van der Waals surface area contributed by atoms with Crippen molar-refractivity contribution in [2.75, 3.05) is 11.4 Å². The van der Waals surface area contributed by atoms with Crippen LogP contribution in [0.5, 0.6) is 0 Å². The molecule has 1 aliphatic heterocycles. The molecular weight excluding hydrogens is 264 g/mol. The van der Waals surface area contributed by atoms with Gasteiger partial charge < -0.3 is 15.7 Å². The fourth-order valence-corrected chi connectivity index (χ4v) is 3.87. The van der Waals surface area contributed by atoms with Gasteiger partial charge in [0, 0.05) is 18.3 Å². The van der Waals surface area contributed by atoms with Crippen molar-refractivity contribution < 1.29 is 9.90 Å². The minimum absolute atomic E-state index is 0.251. The summed E-state index contributed by atoms with van der Waals surface area (Å²) < 4.78 is 0. The Kier molecular flexibility index (Phi) is 3.66. The van der Waals surface area contributed by atoms with Gasteiger partial charge in [-0.1, -0.05) is 17.7 Å². The molecule has 4 heteroatoms. The van der Waals surface area contributed by atoms with Crippen LogP contribution in [0.3, 0.4) is 0 Å². The molecule has 21 heavy (non-hydrogen) atoms. The van der Waals surface area contributed by atoms with Gasteiger partial charge >= 0.3 is 5.97 Å². The molecule has 1 heterocycles. The minimum Gasteiger partial charge on any atom is -0.480 e. The molecule has 0 aromatic heterocycles. The van der Waals surface area contributed by atoms with Crippen molar-refractivity contribution in [2.45, 2.75) is 57.0 Å². The molecule has 1 saturated carbocycles. The van der Waals surface area contributed by atoms with Crippen LogP contribution >= 0.6 is 0 Å². The molecule has 1 aliphatic carbocycles. The Morgan fingerprint density at radius 2 is 2.24 bits per heavy atom. The third-order valence-electron chi connectivity index (χ3n) is 5.02. The number of benzene rings is 1. The van der Waals surface area contributed by atoms with Crippen LogP contribution in [0.15, 0.2) is 18.2 Å². The van der Waals surface area contributed by atoms with E-state index >= 15 is 0 Å². The fraction of sp³-hybridized carbons (Fsp3) is 0.588. The number of anilines is 1. The highest BCUT2D eigenvalue weighted by molar-refractivity contribution is 5.78. The number of carboxylic acids is 1. The second-order valence-electron chi connectivity index (χ2n) is 6.64. The molecule has 1 aromatic carbocycles. The number of rotatable bonds is 2. The van der Waals surface area contributed by atoms with Crippen LogP contribution in [0, 0.1) is 6.92 Å². The Labute approximate surface area is 125 Å². The molecule has 0 amide bonds. The van der Waals surface area contributed by atoms with Gasteiger partial charge in [-0.3, -0.25) is 4.79 Å². The van der Waals surface area contributed by atoms with E-state index in [1.165, 1.54) is 16.8 Å². The summed E-state index contributed by atoms with van der Waals surface area (Å²) >= 11 is 0. The molecular formula is C17H24N2O2. The Balaban J connectivity index is 1.87. The maximum atomic E-state index is 11.5. The average Bonchev–Trinajstić information content (AvgIpc) is 2.46. The number of hydrogen-bond acceptors (Lipinski definition) is 3. The number of nitrogens with two attached hydrogens (primary N) is 1. The number of nitrogens with zero attached hydrogens (tertiary/aromatic N) is 1. The lowest BCUT2D eigenvalue weighted by Gasteiger charge is -2.44. The zero-order chi connectivity index (χ0) is 15.0. The fourth-order valence-electron chi connectivity index (χ4n) is 3.87. The predicted molar refractivity (Wildman–Crippen MR) is 83.7 cm³/mol. The molecule has 3 rings (SSSR count). The zero-order valence-corrected chi connectivity index (χ0v) is 12.6. The molecule has 0 saturated heterocycles. The smallest absolute Gasteiger partial charge is 0.323 e. The Morgan fingerprint density at radius 1 is 1.43 bits per heavy atom. The van der Waals surface area contributed by atoms with E-state index in [1.807, 2.05) is 0 Å². The van der Waals surface area contributed by atoms with Gasteiger partial charge in [-0.15, -0.1) is 0 Å². The number of aryl methyl sites for hydroxylation is 2. The lowest BCUT2D eigenvalue weighted by atomic mass is 9.78. The number of aliphatic carboxylic acids is 1. The van der Waals surface area contributed by atoms with Gasteiger partial charge in [0.25, 0.3) is 0 Å². The molecule has 2 unspecified atom stereocenters. The lowest BCUT2D eigenvalue weighted by molar-refractivity contribution is -0.144. The molecule has 2 atom stereocenters. The van der Waals surface area contributed by atoms with Crippen LogP contribution in [-0.2, 0) is 11.2 Å². The summed E-state index contributed by atoms with van der Waals surface area (Å²) in [5.74, 6) is -0.853. The first kappa shape index (κ1) is 14.4. The van der Waals surface area contributed by atoms with Crippen molar-refractivity contribution in [1.29, 1.82) is 0 Å². The quantitative estimate of drug-likeness (QED) is 0.877. The van der Waals surface area contributed by atoms with E-state index in [0.29, 0.717) is 12.8 Å². The van der Waals surface area contributed by atoms with Crippen molar-refractivity contribution >= 4 is 11.7 Å². The molecule has 0 radical (unpaired) electrons. The summed E-state index contributed by atoms with van der Waals surface area (Å²) in [5.41, 5.74) is 9.03. The van der Waals surface area contributed by atoms with E-state index in [4.69, 9.17) is 5.73 Å². The molecule has 2 aliphatic rings. The normalized spacial score (nSPS) is 29.0. The molecule has 0 spiro atoms. The van der Waals surface area contributed by atoms with Crippen LogP contribution in [0.2, 0.25) is 0 Å². The standard InChI is InChI=1S/C17H24N2O2/c1-12-6-7-15-13(10-12)4-3-9-19(15)14-5-2-8-17(18,11-14)16(20)21/h6-7,10,14H,2-5,8-9,11,18H2,1H3,(H,20,21). The highest BCUT2D eigenvalue weighted by Crippen LogP contribution is 2.36. The van der Waals surface area contributed by atoms with Crippen molar-refractivity contribution in [3.8, 4) is 0 Å². The highest BCUT2D eigenvalue weighted by atomic mass is 16.4. The van der Waals surface area contributed by atoms with Crippen molar-refractivity contribution in [3.63, 3.8) is 0 Å². The number of carboxylic acid groups (broad SMARTS) is 1. The largest absolute Gasteiger partial charge is 0.480 e. The highest BCUT2D eigenvalue weighted by Gasteiger charge is 2.41. The SMILES string of the molecule is Cc1ccc2c(c1)CCCN2C1CCCC(N)(C(=O)O)C1. The van der Waals surface area contributed by atoms with Crippen LogP contribution in [0.1, 0.15) is 43.2 Å². The van der Waals surface area contributed by atoms with Crippen LogP contribution in [0.25, 0.3) is 0 Å². The molecule has 1 fully saturated rings. The van der Waals surface area contributed by atoms with E-state index in [0.717, 1.165) is 32.2 Å². The van der Waals surface area contributed by atoms with Gasteiger partial charge in [0.05, 0.1) is 0 Å². The zero-order valence-electron chi connectivity index (χ0n) is 12.6. The molecule has 4 nitrogen and oxygen atoms in total. The summed E-state index contributed by atoms with van der Waals surface area (Å²) in [7, 11) is 0. The number of fused-ring (bicyclic) bond motifs is 1. The Hall–Kier alpha value is -1.55. The van der Waals surface area contributed by atoms with E-state index in [1.54, 1.807) is 0 Å². The maximum Gasteiger partial charge on any atom is 0.323 e. The minimum atomic E-state index is -1.05. The first-order valence-corrected chi connectivity index (χ1v) is 7.88. The van der Waals surface area contributed by atoms with Crippen LogP contribution < -0.4 is 10.6 Å². The summed E-state index contributed by atoms with van der Waals surface area (Å²) in [6.07, 6.45) is 5.33.